The highest BCUT2D eigenvalue weighted by molar-refractivity contribution is 5.89. The first-order valence-electron chi connectivity index (χ1n) is 3.35. The average molecular weight is 193 g/mol. The molecule has 0 amide bonds. The van der Waals surface area contributed by atoms with Crippen molar-refractivity contribution in [3.63, 3.8) is 0 Å². The summed E-state index contributed by atoms with van der Waals surface area (Å²) in [5.74, 6) is -0.662. The van der Waals surface area contributed by atoms with Gasteiger partial charge in [-0.05, 0) is 0 Å². The second-order valence-electron chi connectivity index (χ2n) is 2.44. The molecule has 0 radical (unpaired) electrons. The minimum atomic E-state index is -4.35. The van der Waals surface area contributed by atoms with E-state index in [4.69, 9.17) is 0 Å². The highest BCUT2D eigenvalue weighted by Gasteiger charge is 2.28. The first-order chi connectivity index (χ1) is 5.88. The Labute approximate surface area is 71.4 Å². The molecule has 1 rings (SSSR count). The normalized spacial score (nSPS) is 11.7. The Kier molecular flexibility index (Phi) is 2.35. The number of Topliss-reactive ketones (excluding diaryl/α,β-unsaturated/α-hetero) is 1. The lowest BCUT2D eigenvalue weighted by Crippen LogP contribution is -2.18. The van der Waals surface area contributed by atoms with Gasteiger partial charge >= 0.3 is 6.18 Å². The Balaban J connectivity index is 2.75. The number of hydrogen-bond acceptors (Lipinski definition) is 3. The SMILES string of the molecule is CC(=O)c1ncn(CC(F)(F)F)n1. The van der Waals surface area contributed by atoms with Crippen LogP contribution in [0.25, 0.3) is 0 Å². The molecule has 1 aromatic heterocycles. The van der Waals surface area contributed by atoms with Gasteiger partial charge in [0.2, 0.25) is 5.82 Å². The van der Waals surface area contributed by atoms with Crippen molar-refractivity contribution in [2.75, 3.05) is 0 Å². The molecule has 0 atom stereocenters. The smallest absolute Gasteiger partial charge is 0.291 e. The van der Waals surface area contributed by atoms with Gasteiger partial charge in [-0.15, -0.1) is 5.10 Å². The van der Waals surface area contributed by atoms with Crippen LogP contribution in [-0.4, -0.2) is 26.7 Å². The number of carbonyl (C=O) groups excluding carboxylic acids is 1. The quantitative estimate of drug-likeness (QED) is 0.659. The third kappa shape index (κ3) is 2.85. The van der Waals surface area contributed by atoms with Crippen molar-refractivity contribution >= 4 is 5.78 Å². The molecular formula is C6H6F3N3O. The van der Waals surface area contributed by atoms with Crippen molar-refractivity contribution in [1.82, 2.24) is 14.8 Å². The van der Waals surface area contributed by atoms with E-state index in [1.165, 1.54) is 6.92 Å². The molecule has 7 heteroatoms. The summed E-state index contributed by atoms with van der Waals surface area (Å²) in [7, 11) is 0. The lowest BCUT2D eigenvalue weighted by molar-refractivity contribution is -0.142. The summed E-state index contributed by atoms with van der Waals surface area (Å²) in [6, 6.07) is 0. The fraction of sp³-hybridized carbons (Fsp3) is 0.500. The van der Waals surface area contributed by atoms with Crippen LogP contribution in [0.5, 0.6) is 0 Å². The Morgan fingerprint density at radius 3 is 2.62 bits per heavy atom. The Morgan fingerprint density at radius 1 is 1.62 bits per heavy atom. The van der Waals surface area contributed by atoms with Crippen LogP contribution < -0.4 is 0 Å². The second-order valence-corrected chi connectivity index (χ2v) is 2.44. The van der Waals surface area contributed by atoms with Crippen LogP contribution in [0, 0.1) is 0 Å². The zero-order valence-corrected chi connectivity index (χ0v) is 6.67. The molecule has 0 unspecified atom stereocenters. The molecule has 1 heterocycles. The largest absolute Gasteiger partial charge is 0.408 e. The summed E-state index contributed by atoms with van der Waals surface area (Å²) in [4.78, 5) is 14.0. The van der Waals surface area contributed by atoms with Gasteiger partial charge in [-0.25, -0.2) is 9.67 Å². The number of halogens is 3. The Bertz CT molecular complexity index is 317. The van der Waals surface area contributed by atoms with Crippen molar-refractivity contribution in [3.8, 4) is 0 Å². The number of aromatic nitrogens is 3. The van der Waals surface area contributed by atoms with E-state index in [0.717, 1.165) is 6.33 Å². The minimum absolute atomic E-state index is 0.204. The van der Waals surface area contributed by atoms with Crippen LogP contribution in [-0.2, 0) is 6.54 Å². The van der Waals surface area contributed by atoms with Crippen molar-refractivity contribution in [1.29, 1.82) is 0 Å². The van der Waals surface area contributed by atoms with Crippen LogP contribution in [0.2, 0.25) is 0 Å². The van der Waals surface area contributed by atoms with E-state index < -0.39 is 18.5 Å². The molecule has 1 aromatic rings. The summed E-state index contributed by atoms with van der Waals surface area (Å²) in [5.41, 5.74) is 0. The molecule has 0 aliphatic carbocycles. The van der Waals surface area contributed by atoms with Gasteiger partial charge in [0.25, 0.3) is 0 Å². The number of ketones is 1. The van der Waals surface area contributed by atoms with E-state index in [1.54, 1.807) is 0 Å². The summed E-state index contributed by atoms with van der Waals surface area (Å²) in [6.45, 7) is -0.0411. The number of alkyl halides is 3. The third-order valence-corrected chi connectivity index (χ3v) is 1.19. The van der Waals surface area contributed by atoms with Gasteiger partial charge in [0, 0.05) is 6.92 Å². The number of nitrogens with zero attached hydrogens (tertiary/aromatic N) is 3. The molecule has 0 bridgehead atoms. The maximum atomic E-state index is 11.8. The number of rotatable bonds is 2. The molecule has 0 fully saturated rings. The summed E-state index contributed by atoms with van der Waals surface area (Å²) < 4.78 is 35.9. The lowest BCUT2D eigenvalue weighted by atomic mass is 10.4. The molecule has 0 spiro atoms. The minimum Gasteiger partial charge on any atom is -0.291 e. The van der Waals surface area contributed by atoms with Gasteiger partial charge in [0.05, 0.1) is 0 Å². The van der Waals surface area contributed by atoms with Gasteiger partial charge in [-0.1, -0.05) is 0 Å². The summed E-state index contributed by atoms with van der Waals surface area (Å²) >= 11 is 0. The molecule has 0 aliphatic rings. The molecule has 13 heavy (non-hydrogen) atoms. The Morgan fingerprint density at radius 2 is 2.23 bits per heavy atom. The monoisotopic (exact) mass is 193 g/mol. The van der Waals surface area contributed by atoms with Crippen molar-refractivity contribution in [3.05, 3.63) is 12.2 Å². The van der Waals surface area contributed by atoms with Crippen LogP contribution in [0.15, 0.2) is 6.33 Å². The molecule has 0 saturated heterocycles. The molecule has 0 aromatic carbocycles. The average Bonchev–Trinajstić information content (AvgIpc) is 2.31. The van der Waals surface area contributed by atoms with Crippen molar-refractivity contribution in [2.24, 2.45) is 0 Å². The second kappa shape index (κ2) is 3.15. The zero-order valence-electron chi connectivity index (χ0n) is 6.67. The number of carbonyl (C=O) groups is 1. The highest BCUT2D eigenvalue weighted by Crippen LogP contribution is 2.16. The molecule has 0 aliphatic heterocycles. The molecule has 0 N–H and O–H groups in total. The van der Waals surface area contributed by atoms with E-state index >= 15 is 0 Å². The molecule has 0 saturated carbocycles. The summed E-state index contributed by atoms with van der Waals surface area (Å²) in [5, 5.41) is 3.33. The van der Waals surface area contributed by atoms with Gasteiger partial charge in [-0.3, -0.25) is 4.79 Å². The van der Waals surface area contributed by atoms with Gasteiger partial charge < -0.3 is 0 Å². The zero-order chi connectivity index (χ0) is 10.1. The lowest BCUT2D eigenvalue weighted by Gasteiger charge is -2.03. The molecule has 4 nitrogen and oxygen atoms in total. The number of hydrogen-bond donors (Lipinski definition) is 0. The van der Waals surface area contributed by atoms with E-state index in [2.05, 4.69) is 10.1 Å². The van der Waals surface area contributed by atoms with E-state index in [9.17, 15) is 18.0 Å². The predicted molar refractivity (Wildman–Crippen MR) is 36.1 cm³/mol. The fourth-order valence-electron chi connectivity index (χ4n) is 0.716. The standard InChI is InChI=1S/C6H6F3N3O/c1-4(13)5-10-3-12(11-5)2-6(7,8)9/h3H,2H2,1H3. The van der Waals surface area contributed by atoms with Crippen LogP contribution >= 0.6 is 0 Å². The van der Waals surface area contributed by atoms with Crippen LogP contribution in [0.1, 0.15) is 17.5 Å². The van der Waals surface area contributed by atoms with Crippen LogP contribution in [0.4, 0.5) is 13.2 Å². The van der Waals surface area contributed by atoms with E-state index in [0.29, 0.717) is 4.68 Å². The maximum absolute atomic E-state index is 11.8. The van der Waals surface area contributed by atoms with Gasteiger partial charge in [0.15, 0.2) is 5.78 Å². The highest BCUT2D eigenvalue weighted by atomic mass is 19.4. The van der Waals surface area contributed by atoms with E-state index in [1.807, 2.05) is 0 Å². The molecular weight excluding hydrogens is 187 g/mol. The first kappa shape index (κ1) is 9.69. The maximum Gasteiger partial charge on any atom is 0.408 e. The van der Waals surface area contributed by atoms with Gasteiger partial charge in [-0.2, -0.15) is 13.2 Å². The summed E-state index contributed by atoms with van der Waals surface area (Å²) in [6.07, 6.45) is -3.47. The topological polar surface area (TPSA) is 47.8 Å². The predicted octanol–water partition coefficient (Wildman–Crippen LogP) is 1.04. The Hall–Kier alpha value is -1.40. The van der Waals surface area contributed by atoms with Gasteiger partial charge in [0.1, 0.15) is 12.9 Å². The fourth-order valence-corrected chi connectivity index (χ4v) is 0.716. The molecule has 72 valence electrons. The van der Waals surface area contributed by atoms with Crippen molar-refractivity contribution in [2.45, 2.75) is 19.6 Å². The van der Waals surface area contributed by atoms with E-state index in [-0.39, 0.29) is 5.82 Å². The van der Waals surface area contributed by atoms with Crippen LogP contribution in [0.3, 0.4) is 0 Å². The first-order valence-corrected chi connectivity index (χ1v) is 3.35. The third-order valence-electron chi connectivity index (χ3n) is 1.19. The van der Waals surface area contributed by atoms with Crippen molar-refractivity contribution < 1.29 is 18.0 Å².